The van der Waals surface area contributed by atoms with E-state index in [1.165, 1.54) is 109 Å². The molecule has 0 fully saturated rings. The van der Waals surface area contributed by atoms with Crippen molar-refractivity contribution in [3.63, 3.8) is 0 Å². The maximum absolute atomic E-state index is 5.62. The van der Waals surface area contributed by atoms with Gasteiger partial charge in [-0.3, -0.25) is 0 Å². The Morgan fingerprint density at radius 1 is 0.500 bits per heavy atom. The van der Waals surface area contributed by atoms with E-state index in [0.717, 1.165) is 16.4 Å². The van der Waals surface area contributed by atoms with E-state index in [1.54, 1.807) is 0 Å². The Balaban J connectivity index is 2.91. The minimum atomic E-state index is 0.743. The zero-order chi connectivity index (χ0) is 16.1. The molecule has 0 aliphatic rings. The molecule has 2 radical (unpaired) electrons. The van der Waals surface area contributed by atoms with E-state index >= 15 is 0 Å². The van der Waals surface area contributed by atoms with Crippen LogP contribution in [0.4, 0.5) is 0 Å². The van der Waals surface area contributed by atoms with E-state index in [-0.39, 0.29) is 0 Å². The quantitative estimate of drug-likeness (QED) is 0.178. The first-order valence-electron chi connectivity index (χ1n) is 10.3. The molecule has 0 bridgehead atoms. The zero-order valence-corrected chi connectivity index (χ0v) is 16.6. The monoisotopic (exact) mass is 326 g/mol. The maximum atomic E-state index is 5.62. The normalized spacial score (nSPS) is 11.2. The summed E-state index contributed by atoms with van der Waals surface area (Å²) < 4.78 is 5.62. The fraction of sp³-hybridized carbons (Fsp3) is 1.00. The summed E-state index contributed by atoms with van der Waals surface area (Å²) in [6, 6.07) is 1.25. The molecule has 0 N–H and O–H groups in total. The Morgan fingerprint density at radius 3 is 1.32 bits per heavy atom. The van der Waals surface area contributed by atoms with Crippen LogP contribution in [0.15, 0.2) is 0 Å². The predicted octanol–water partition coefficient (Wildman–Crippen LogP) is 7.32. The van der Waals surface area contributed by atoms with Crippen LogP contribution in [-0.2, 0) is 4.43 Å². The predicted molar refractivity (Wildman–Crippen MR) is 102 cm³/mol. The lowest BCUT2D eigenvalue weighted by Crippen LogP contribution is -1.99. The first-order chi connectivity index (χ1) is 10.9. The molecule has 0 saturated heterocycles. The minimum Gasteiger partial charge on any atom is -0.417 e. The van der Waals surface area contributed by atoms with Gasteiger partial charge in [-0.05, 0) is 12.5 Å². The Labute approximate surface area is 143 Å². The van der Waals surface area contributed by atoms with Crippen LogP contribution in [0.1, 0.15) is 117 Å². The van der Waals surface area contributed by atoms with Crippen LogP contribution in [0, 0.1) is 0 Å². The molecule has 0 saturated carbocycles. The van der Waals surface area contributed by atoms with Crippen LogP contribution in [0.2, 0.25) is 6.04 Å². The Morgan fingerprint density at radius 2 is 0.909 bits per heavy atom. The summed E-state index contributed by atoms with van der Waals surface area (Å²) >= 11 is 0. The highest BCUT2D eigenvalue weighted by Gasteiger charge is 1.95. The average molecular weight is 327 g/mol. The minimum absolute atomic E-state index is 0.743. The Kier molecular flexibility index (Phi) is 21.3. The molecule has 0 aromatic carbocycles. The molecule has 2 heteroatoms. The first-order valence-corrected chi connectivity index (χ1v) is 11.4. The first kappa shape index (κ1) is 22.2. The van der Waals surface area contributed by atoms with Gasteiger partial charge in [0.05, 0.1) is 0 Å². The van der Waals surface area contributed by atoms with E-state index in [9.17, 15) is 0 Å². The fourth-order valence-corrected chi connectivity index (χ4v) is 3.43. The van der Waals surface area contributed by atoms with E-state index < -0.39 is 0 Å². The van der Waals surface area contributed by atoms with Gasteiger partial charge < -0.3 is 4.43 Å². The molecule has 0 unspecified atom stereocenters. The van der Waals surface area contributed by atoms with E-state index in [2.05, 4.69) is 13.8 Å². The number of rotatable bonds is 19. The van der Waals surface area contributed by atoms with Crippen molar-refractivity contribution in [2.75, 3.05) is 6.61 Å². The molecular weight excluding hydrogens is 284 g/mol. The van der Waals surface area contributed by atoms with Crippen molar-refractivity contribution in [3.8, 4) is 0 Å². The molecule has 0 rings (SSSR count). The molecule has 0 aromatic heterocycles. The van der Waals surface area contributed by atoms with Gasteiger partial charge in [-0.25, -0.2) is 0 Å². The van der Waals surface area contributed by atoms with Crippen LogP contribution in [-0.4, -0.2) is 16.4 Å². The highest BCUT2D eigenvalue weighted by atomic mass is 28.2. The second kappa shape index (κ2) is 21.2. The highest BCUT2D eigenvalue weighted by molar-refractivity contribution is 6.26. The van der Waals surface area contributed by atoms with Crippen molar-refractivity contribution in [1.29, 1.82) is 0 Å². The molecule has 0 aromatic rings. The van der Waals surface area contributed by atoms with Gasteiger partial charge in [-0.15, -0.1) is 0 Å². The summed E-state index contributed by atoms with van der Waals surface area (Å²) in [5.74, 6) is 0. The van der Waals surface area contributed by atoms with Crippen molar-refractivity contribution in [2.24, 2.45) is 0 Å². The van der Waals surface area contributed by atoms with Gasteiger partial charge >= 0.3 is 0 Å². The third kappa shape index (κ3) is 20.2. The number of hydrogen-bond acceptors (Lipinski definition) is 1. The second-order valence-electron chi connectivity index (χ2n) is 6.69. The smallest absolute Gasteiger partial charge is 0.229 e. The summed E-state index contributed by atoms with van der Waals surface area (Å²) in [4.78, 5) is 0. The lowest BCUT2D eigenvalue weighted by molar-refractivity contribution is 0.319. The Bertz CT molecular complexity index is 165. The van der Waals surface area contributed by atoms with Gasteiger partial charge in [-0.1, -0.05) is 110 Å². The summed E-state index contributed by atoms with van der Waals surface area (Å²) in [5, 5.41) is 0. The molecule has 0 aliphatic carbocycles. The van der Waals surface area contributed by atoms with Gasteiger partial charge in [-0.2, -0.15) is 0 Å². The molecule has 1 nitrogen and oxygen atoms in total. The second-order valence-corrected chi connectivity index (χ2v) is 7.77. The molecule has 0 amide bonds. The van der Waals surface area contributed by atoms with Crippen LogP contribution < -0.4 is 0 Å². The van der Waals surface area contributed by atoms with Crippen molar-refractivity contribution >= 4 is 9.76 Å². The summed E-state index contributed by atoms with van der Waals surface area (Å²) in [5.41, 5.74) is 0. The highest BCUT2D eigenvalue weighted by Crippen LogP contribution is 2.13. The summed E-state index contributed by atoms with van der Waals surface area (Å²) in [7, 11) is 0.743. The van der Waals surface area contributed by atoms with E-state index in [4.69, 9.17) is 4.43 Å². The molecule has 0 aliphatic heterocycles. The van der Waals surface area contributed by atoms with Crippen molar-refractivity contribution in [3.05, 3.63) is 0 Å². The molecule has 0 spiro atoms. The van der Waals surface area contributed by atoms with E-state index in [1.807, 2.05) is 0 Å². The summed E-state index contributed by atoms with van der Waals surface area (Å²) in [6.45, 7) is 5.52. The molecular formula is C20H42OSi. The molecule has 0 heterocycles. The third-order valence-corrected chi connectivity index (χ3v) is 5.42. The maximum Gasteiger partial charge on any atom is 0.229 e. The lowest BCUT2D eigenvalue weighted by Gasteiger charge is -2.04. The lowest BCUT2D eigenvalue weighted by atomic mass is 10.0. The number of hydrogen-bond donors (Lipinski definition) is 0. The van der Waals surface area contributed by atoms with Gasteiger partial charge in [0, 0.05) is 6.61 Å². The third-order valence-electron chi connectivity index (χ3n) is 4.30. The van der Waals surface area contributed by atoms with Crippen molar-refractivity contribution in [1.82, 2.24) is 0 Å². The van der Waals surface area contributed by atoms with Gasteiger partial charge in [0.1, 0.15) is 0 Å². The Hall–Kier alpha value is 0.177. The molecule has 0 atom stereocenters. The van der Waals surface area contributed by atoms with Crippen LogP contribution in [0.3, 0.4) is 0 Å². The topological polar surface area (TPSA) is 9.23 Å². The van der Waals surface area contributed by atoms with Gasteiger partial charge in [0.25, 0.3) is 0 Å². The van der Waals surface area contributed by atoms with Crippen molar-refractivity contribution in [2.45, 2.75) is 123 Å². The fourth-order valence-electron chi connectivity index (χ4n) is 2.79. The van der Waals surface area contributed by atoms with Crippen LogP contribution >= 0.6 is 0 Å². The van der Waals surface area contributed by atoms with Crippen molar-refractivity contribution < 1.29 is 4.43 Å². The average Bonchev–Trinajstić information content (AvgIpc) is 2.54. The summed E-state index contributed by atoms with van der Waals surface area (Å²) in [6.07, 6.45) is 22.8. The SMILES string of the molecule is CCCCCCCCCCCCCCCCCO[Si]CCC. The molecule has 22 heavy (non-hydrogen) atoms. The van der Waals surface area contributed by atoms with Crippen LogP contribution in [0.5, 0.6) is 0 Å². The molecule has 132 valence electrons. The van der Waals surface area contributed by atoms with Crippen LogP contribution in [0.25, 0.3) is 0 Å². The van der Waals surface area contributed by atoms with Gasteiger partial charge in [0.15, 0.2) is 0 Å². The van der Waals surface area contributed by atoms with Gasteiger partial charge in [0.2, 0.25) is 9.76 Å². The zero-order valence-electron chi connectivity index (χ0n) is 15.6. The van der Waals surface area contributed by atoms with E-state index in [0.29, 0.717) is 0 Å². The number of unbranched alkanes of at least 4 members (excludes halogenated alkanes) is 14. The largest absolute Gasteiger partial charge is 0.417 e. The standard InChI is InChI=1S/C20H42OSi/c1-3-5-6-7-8-9-10-11-12-13-14-15-16-17-18-19-21-22-20-4-2/h3-20H2,1-2H3.